The first-order valence-electron chi connectivity index (χ1n) is 9.98. The lowest BCUT2D eigenvalue weighted by molar-refractivity contribution is 0.103. The van der Waals surface area contributed by atoms with E-state index >= 15 is 0 Å². The molecule has 0 saturated heterocycles. The summed E-state index contributed by atoms with van der Waals surface area (Å²) in [6.07, 6.45) is 0. The Bertz CT molecular complexity index is 1530. The van der Waals surface area contributed by atoms with Crippen molar-refractivity contribution in [1.82, 2.24) is 4.98 Å². The number of anilines is 1. The molecule has 32 heavy (non-hydrogen) atoms. The maximum Gasteiger partial charge on any atom is 0.267 e. The van der Waals surface area contributed by atoms with Crippen molar-refractivity contribution >= 4 is 67.3 Å². The van der Waals surface area contributed by atoms with Crippen LogP contribution in [0.3, 0.4) is 0 Å². The highest BCUT2D eigenvalue weighted by Crippen LogP contribution is 2.37. The van der Waals surface area contributed by atoms with Crippen molar-refractivity contribution in [3.8, 4) is 11.5 Å². The molecule has 3 aromatic carbocycles. The molecular formula is C25H18Cl2N2O2S. The highest BCUT2D eigenvalue weighted by atomic mass is 35.5. The van der Waals surface area contributed by atoms with E-state index in [-0.39, 0.29) is 5.91 Å². The number of fused-ring (bicyclic) bond motifs is 2. The fourth-order valence-electron chi connectivity index (χ4n) is 3.75. The molecule has 7 heteroatoms. The van der Waals surface area contributed by atoms with Gasteiger partial charge in [-0.15, -0.1) is 11.3 Å². The van der Waals surface area contributed by atoms with Gasteiger partial charge in [-0.2, -0.15) is 0 Å². The van der Waals surface area contributed by atoms with Gasteiger partial charge in [0.2, 0.25) is 5.89 Å². The summed E-state index contributed by atoms with van der Waals surface area (Å²) in [5, 5.41) is 4.84. The summed E-state index contributed by atoms with van der Waals surface area (Å²) in [4.78, 5) is 18.2. The summed E-state index contributed by atoms with van der Waals surface area (Å²) in [6, 6.07) is 15.2. The molecule has 4 nitrogen and oxygen atoms in total. The van der Waals surface area contributed by atoms with Crippen molar-refractivity contribution in [2.45, 2.75) is 20.8 Å². The lowest BCUT2D eigenvalue weighted by Gasteiger charge is -2.09. The minimum absolute atomic E-state index is 0.267. The molecule has 160 valence electrons. The first kappa shape index (κ1) is 21.0. The molecule has 0 aliphatic rings. The van der Waals surface area contributed by atoms with Crippen molar-refractivity contribution in [3.05, 3.63) is 80.1 Å². The van der Waals surface area contributed by atoms with Crippen LogP contribution in [0.5, 0.6) is 0 Å². The zero-order valence-electron chi connectivity index (χ0n) is 17.5. The number of carbonyl (C=O) groups is 1. The summed E-state index contributed by atoms with van der Waals surface area (Å²) in [5.41, 5.74) is 6.15. The molecule has 0 unspecified atom stereocenters. The molecule has 0 aliphatic heterocycles. The van der Waals surface area contributed by atoms with E-state index in [4.69, 9.17) is 27.6 Å². The van der Waals surface area contributed by atoms with Gasteiger partial charge >= 0.3 is 0 Å². The van der Waals surface area contributed by atoms with Crippen LogP contribution in [0.4, 0.5) is 5.69 Å². The Morgan fingerprint density at radius 1 is 1.00 bits per heavy atom. The van der Waals surface area contributed by atoms with Crippen LogP contribution in [-0.2, 0) is 0 Å². The molecule has 0 aliphatic carbocycles. The van der Waals surface area contributed by atoms with E-state index in [1.165, 1.54) is 11.3 Å². The highest BCUT2D eigenvalue weighted by molar-refractivity contribution is 7.21. The number of carbonyl (C=O) groups excluding carboxylic acids is 1. The number of amides is 1. The van der Waals surface area contributed by atoms with E-state index in [2.05, 4.69) is 16.4 Å². The highest BCUT2D eigenvalue weighted by Gasteiger charge is 2.19. The Morgan fingerprint density at radius 3 is 2.62 bits per heavy atom. The van der Waals surface area contributed by atoms with Gasteiger partial charge in [0.05, 0.1) is 5.02 Å². The first-order chi connectivity index (χ1) is 15.3. The van der Waals surface area contributed by atoms with Gasteiger partial charge in [-0.1, -0.05) is 41.4 Å². The van der Waals surface area contributed by atoms with E-state index in [9.17, 15) is 4.79 Å². The van der Waals surface area contributed by atoms with Gasteiger partial charge in [0, 0.05) is 26.4 Å². The smallest absolute Gasteiger partial charge is 0.267 e. The number of hydrogen-bond donors (Lipinski definition) is 1. The monoisotopic (exact) mass is 480 g/mol. The van der Waals surface area contributed by atoms with Crippen LogP contribution in [0.2, 0.25) is 10.0 Å². The average Bonchev–Trinajstić information content (AvgIpc) is 3.31. The number of aryl methyl sites for hydroxylation is 3. The van der Waals surface area contributed by atoms with Gasteiger partial charge in [-0.3, -0.25) is 4.79 Å². The Kier molecular flexibility index (Phi) is 5.20. The Morgan fingerprint density at radius 2 is 1.81 bits per heavy atom. The first-order valence-corrected chi connectivity index (χ1v) is 11.5. The SMILES string of the molecule is Cc1cc(C)c2oc(-c3ccc(C)c(NC(=O)c4sc5cc(Cl)ccc5c4Cl)c3)nc2c1. The van der Waals surface area contributed by atoms with Gasteiger partial charge in [0.1, 0.15) is 10.4 Å². The molecule has 0 bridgehead atoms. The lowest BCUT2D eigenvalue weighted by atomic mass is 10.1. The van der Waals surface area contributed by atoms with Gasteiger partial charge in [-0.25, -0.2) is 4.98 Å². The number of aromatic nitrogens is 1. The number of benzene rings is 3. The topological polar surface area (TPSA) is 55.1 Å². The predicted octanol–water partition coefficient (Wildman–Crippen LogP) is 8.19. The molecule has 1 amide bonds. The average molecular weight is 481 g/mol. The van der Waals surface area contributed by atoms with Gasteiger partial charge < -0.3 is 9.73 Å². The molecule has 5 rings (SSSR count). The van der Waals surface area contributed by atoms with E-state index in [0.717, 1.165) is 43.4 Å². The molecule has 0 saturated carbocycles. The standard InChI is InChI=1S/C25H18Cl2N2O2S/c1-12-8-14(3)22-19(9-12)29-25(31-22)15-5-4-13(2)18(10-15)28-24(30)23-21(27)17-7-6-16(26)11-20(17)32-23/h4-11H,1-3H3,(H,28,30). The molecule has 0 fully saturated rings. The minimum atomic E-state index is -0.267. The molecule has 2 heterocycles. The number of oxazole rings is 1. The molecule has 0 radical (unpaired) electrons. The summed E-state index contributed by atoms with van der Waals surface area (Å²) in [5.74, 6) is 0.246. The van der Waals surface area contributed by atoms with Crippen molar-refractivity contribution in [2.24, 2.45) is 0 Å². The summed E-state index contributed by atoms with van der Waals surface area (Å²) in [6.45, 7) is 5.98. The summed E-state index contributed by atoms with van der Waals surface area (Å²) >= 11 is 13.9. The lowest BCUT2D eigenvalue weighted by Crippen LogP contribution is -2.11. The minimum Gasteiger partial charge on any atom is -0.436 e. The fourth-order valence-corrected chi connectivity index (χ4v) is 5.44. The quantitative estimate of drug-likeness (QED) is 0.283. The third-order valence-electron chi connectivity index (χ3n) is 5.35. The number of hydrogen-bond acceptors (Lipinski definition) is 4. The second-order valence-electron chi connectivity index (χ2n) is 7.82. The molecule has 0 atom stereocenters. The summed E-state index contributed by atoms with van der Waals surface area (Å²) < 4.78 is 6.91. The normalized spacial score (nSPS) is 11.4. The Hall–Kier alpha value is -2.86. The largest absolute Gasteiger partial charge is 0.436 e. The van der Waals surface area contributed by atoms with Crippen molar-refractivity contribution in [2.75, 3.05) is 5.32 Å². The van der Waals surface area contributed by atoms with Crippen LogP contribution in [0.25, 0.3) is 32.6 Å². The predicted molar refractivity (Wildman–Crippen MR) is 133 cm³/mol. The van der Waals surface area contributed by atoms with Crippen LogP contribution in [0.15, 0.2) is 52.9 Å². The Balaban J connectivity index is 1.50. The number of nitrogens with zero attached hydrogens (tertiary/aromatic N) is 1. The van der Waals surface area contributed by atoms with E-state index in [0.29, 0.717) is 26.5 Å². The van der Waals surface area contributed by atoms with Crippen molar-refractivity contribution < 1.29 is 9.21 Å². The zero-order valence-corrected chi connectivity index (χ0v) is 19.9. The molecule has 2 aromatic heterocycles. The Labute approximate surface area is 198 Å². The number of halogens is 2. The third-order valence-corrected chi connectivity index (χ3v) is 7.24. The van der Waals surface area contributed by atoms with Crippen molar-refractivity contribution in [3.63, 3.8) is 0 Å². The van der Waals surface area contributed by atoms with Gasteiger partial charge in [-0.05, 0) is 67.8 Å². The van der Waals surface area contributed by atoms with Crippen LogP contribution >= 0.6 is 34.5 Å². The van der Waals surface area contributed by atoms with Crippen LogP contribution in [0.1, 0.15) is 26.4 Å². The third kappa shape index (κ3) is 3.66. The molecule has 0 spiro atoms. The van der Waals surface area contributed by atoms with Gasteiger partial charge in [0.25, 0.3) is 5.91 Å². The number of nitrogens with one attached hydrogen (secondary N) is 1. The van der Waals surface area contributed by atoms with E-state index in [1.54, 1.807) is 6.07 Å². The summed E-state index contributed by atoms with van der Waals surface area (Å²) in [7, 11) is 0. The van der Waals surface area contributed by atoms with E-state index < -0.39 is 0 Å². The maximum atomic E-state index is 13.1. The van der Waals surface area contributed by atoms with Crippen LogP contribution in [-0.4, -0.2) is 10.9 Å². The molecule has 5 aromatic rings. The van der Waals surface area contributed by atoms with Gasteiger partial charge in [0.15, 0.2) is 5.58 Å². The van der Waals surface area contributed by atoms with Crippen LogP contribution < -0.4 is 5.32 Å². The second-order valence-corrected chi connectivity index (χ2v) is 9.69. The molecular weight excluding hydrogens is 463 g/mol. The maximum absolute atomic E-state index is 13.1. The second kappa shape index (κ2) is 7.93. The zero-order chi connectivity index (χ0) is 22.6. The van der Waals surface area contributed by atoms with Crippen LogP contribution in [0, 0.1) is 20.8 Å². The number of thiophene rings is 1. The number of rotatable bonds is 3. The molecule has 1 N–H and O–H groups in total. The van der Waals surface area contributed by atoms with E-state index in [1.807, 2.05) is 57.2 Å². The fraction of sp³-hybridized carbons (Fsp3) is 0.120. The van der Waals surface area contributed by atoms with Crippen molar-refractivity contribution in [1.29, 1.82) is 0 Å².